The second kappa shape index (κ2) is 8.36. The maximum Gasteiger partial charge on any atom is 0.306 e. The zero-order valence-corrected chi connectivity index (χ0v) is 12.6. The SMILES string of the molecule is CC1CCCC(C)(C)OCC/C=C/CCOC(=O)C1. The Bertz CT molecular complexity index is 294. The average Bonchev–Trinajstić information content (AvgIpc) is 2.31. The van der Waals surface area contributed by atoms with Crippen molar-refractivity contribution in [3.63, 3.8) is 0 Å². The minimum atomic E-state index is -0.0636. The van der Waals surface area contributed by atoms with Crippen LogP contribution in [-0.2, 0) is 14.3 Å². The van der Waals surface area contributed by atoms with E-state index in [1.165, 1.54) is 0 Å². The molecule has 1 aliphatic heterocycles. The zero-order valence-electron chi connectivity index (χ0n) is 12.6. The standard InChI is InChI=1S/C16H28O3/c1-14-9-8-10-16(2,3)19-12-7-5-4-6-11-18-15(17)13-14/h4-5,14H,6-13H2,1-3H3/b5-4+. The van der Waals surface area contributed by atoms with Crippen molar-refractivity contribution in [2.24, 2.45) is 5.92 Å². The lowest BCUT2D eigenvalue weighted by atomic mass is 9.95. The normalized spacial score (nSPS) is 28.8. The van der Waals surface area contributed by atoms with Crippen molar-refractivity contribution in [3.05, 3.63) is 12.2 Å². The Hall–Kier alpha value is -0.830. The van der Waals surface area contributed by atoms with Gasteiger partial charge in [-0.3, -0.25) is 4.79 Å². The van der Waals surface area contributed by atoms with E-state index in [0.29, 0.717) is 18.9 Å². The number of hydrogen-bond acceptors (Lipinski definition) is 3. The van der Waals surface area contributed by atoms with Gasteiger partial charge in [-0.25, -0.2) is 0 Å². The molecule has 3 heteroatoms. The van der Waals surface area contributed by atoms with Gasteiger partial charge in [0.25, 0.3) is 0 Å². The van der Waals surface area contributed by atoms with Crippen LogP contribution < -0.4 is 0 Å². The van der Waals surface area contributed by atoms with E-state index in [0.717, 1.165) is 38.7 Å². The Morgan fingerprint density at radius 2 is 1.89 bits per heavy atom. The van der Waals surface area contributed by atoms with Crippen LogP contribution in [0.5, 0.6) is 0 Å². The first kappa shape index (κ1) is 16.2. The first-order chi connectivity index (χ1) is 8.99. The van der Waals surface area contributed by atoms with Gasteiger partial charge in [-0.1, -0.05) is 31.9 Å². The van der Waals surface area contributed by atoms with Crippen LogP contribution in [0.15, 0.2) is 12.2 Å². The van der Waals surface area contributed by atoms with Gasteiger partial charge in [0.1, 0.15) is 0 Å². The molecule has 110 valence electrons. The maximum absolute atomic E-state index is 11.6. The number of esters is 1. The molecule has 19 heavy (non-hydrogen) atoms. The number of hydrogen-bond donors (Lipinski definition) is 0. The molecule has 0 saturated carbocycles. The predicted octanol–water partition coefficient (Wildman–Crippen LogP) is 3.87. The van der Waals surface area contributed by atoms with Crippen molar-refractivity contribution >= 4 is 5.97 Å². The van der Waals surface area contributed by atoms with E-state index in [4.69, 9.17) is 9.47 Å². The van der Waals surface area contributed by atoms with Crippen molar-refractivity contribution in [1.82, 2.24) is 0 Å². The van der Waals surface area contributed by atoms with Gasteiger partial charge in [0.15, 0.2) is 0 Å². The molecule has 1 unspecified atom stereocenters. The van der Waals surface area contributed by atoms with Crippen LogP contribution in [0, 0.1) is 5.92 Å². The lowest BCUT2D eigenvalue weighted by Gasteiger charge is -2.25. The van der Waals surface area contributed by atoms with Gasteiger partial charge in [-0.2, -0.15) is 0 Å². The summed E-state index contributed by atoms with van der Waals surface area (Å²) in [6, 6.07) is 0. The predicted molar refractivity (Wildman–Crippen MR) is 77.0 cm³/mol. The molecule has 0 bridgehead atoms. The van der Waals surface area contributed by atoms with E-state index >= 15 is 0 Å². The van der Waals surface area contributed by atoms with Gasteiger partial charge in [0.05, 0.1) is 18.8 Å². The fourth-order valence-corrected chi connectivity index (χ4v) is 2.27. The van der Waals surface area contributed by atoms with Crippen LogP contribution in [-0.4, -0.2) is 24.8 Å². The Kier molecular flexibility index (Phi) is 7.14. The molecular formula is C16H28O3. The van der Waals surface area contributed by atoms with Crippen molar-refractivity contribution < 1.29 is 14.3 Å². The molecule has 0 fully saturated rings. The van der Waals surface area contributed by atoms with Crippen molar-refractivity contribution in [3.8, 4) is 0 Å². The van der Waals surface area contributed by atoms with E-state index in [1.807, 2.05) is 0 Å². The molecule has 0 spiro atoms. The minimum Gasteiger partial charge on any atom is -0.465 e. The number of carbonyl (C=O) groups excluding carboxylic acids is 1. The van der Waals surface area contributed by atoms with Gasteiger partial charge in [0.2, 0.25) is 0 Å². The van der Waals surface area contributed by atoms with Crippen LogP contribution in [0.3, 0.4) is 0 Å². The number of carbonyl (C=O) groups is 1. The first-order valence-corrected chi connectivity index (χ1v) is 7.44. The van der Waals surface area contributed by atoms with E-state index < -0.39 is 0 Å². The van der Waals surface area contributed by atoms with Gasteiger partial charge >= 0.3 is 5.97 Å². The quantitative estimate of drug-likeness (QED) is 0.494. The van der Waals surface area contributed by atoms with Gasteiger partial charge in [-0.05, 0) is 39.0 Å². The molecule has 0 N–H and O–H groups in total. The summed E-state index contributed by atoms with van der Waals surface area (Å²) < 4.78 is 11.1. The number of ether oxygens (including phenoxy) is 2. The van der Waals surface area contributed by atoms with E-state index in [-0.39, 0.29) is 11.6 Å². The summed E-state index contributed by atoms with van der Waals surface area (Å²) in [5.74, 6) is 0.329. The molecule has 0 aromatic heterocycles. The maximum atomic E-state index is 11.6. The van der Waals surface area contributed by atoms with Gasteiger partial charge in [0, 0.05) is 6.42 Å². The van der Waals surface area contributed by atoms with Crippen LogP contribution in [0.4, 0.5) is 0 Å². The molecule has 1 atom stereocenters. The summed E-state index contributed by atoms with van der Waals surface area (Å²) in [4.78, 5) is 11.6. The third kappa shape index (κ3) is 8.04. The smallest absolute Gasteiger partial charge is 0.306 e. The van der Waals surface area contributed by atoms with Crippen LogP contribution in [0.25, 0.3) is 0 Å². The van der Waals surface area contributed by atoms with Crippen LogP contribution in [0.2, 0.25) is 0 Å². The second-order valence-corrected chi connectivity index (χ2v) is 6.08. The van der Waals surface area contributed by atoms with Gasteiger partial charge < -0.3 is 9.47 Å². The summed E-state index contributed by atoms with van der Waals surface area (Å²) in [5, 5.41) is 0. The molecule has 1 heterocycles. The molecule has 0 aromatic rings. The monoisotopic (exact) mass is 268 g/mol. The Balaban J connectivity index is 2.47. The largest absolute Gasteiger partial charge is 0.465 e. The third-order valence-electron chi connectivity index (χ3n) is 3.48. The highest BCUT2D eigenvalue weighted by Gasteiger charge is 2.19. The molecule has 3 nitrogen and oxygen atoms in total. The minimum absolute atomic E-state index is 0.0613. The lowest BCUT2D eigenvalue weighted by Crippen LogP contribution is -2.25. The van der Waals surface area contributed by atoms with Gasteiger partial charge in [-0.15, -0.1) is 0 Å². The second-order valence-electron chi connectivity index (χ2n) is 6.08. The molecule has 1 rings (SSSR count). The summed E-state index contributed by atoms with van der Waals surface area (Å²) in [6.07, 6.45) is 9.61. The van der Waals surface area contributed by atoms with Crippen LogP contribution in [0.1, 0.15) is 59.3 Å². The summed E-state index contributed by atoms with van der Waals surface area (Å²) in [6.45, 7) is 7.67. The zero-order chi connectivity index (χ0) is 14.1. The molecule has 0 saturated heterocycles. The van der Waals surface area contributed by atoms with Crippen LogP contribution >= 0.6 is 0 Å². The number of rotatable bonds is 0. The summed E-state index contributed by atoms with van der Waals surface area (Å²) in [5.41, 5.74) is -0.0613. The fraction of sp³-hybridized carbons (Fsp3) is 0.812. The Morgan fingerprint density at radius 3 is 2.63 bits per heavy atom. The highest BCUT2D eigenvalue weighted by atomic mass is 16.5. The van der Waals surface area contributed by atoms with E-state index in [9.17, 15) is 4.79 Å². The number of cyclic esters (lactones) is 1. The van der Waals surface area contributed by atoms with Crippen molar-refractivity contribution in [2.75, 3.05) is 13.2 Å². The third-order valence-corrected chi connectivity index (χ3v) is 3.48. The molecule has 1 aliphatic rings. The molecule has 0 aliphatic carbocycles. The van der Waals surface area contributed by atoms with E-state index in [1.54, 1.807) is 0 Å². The van der Waals surface area contributed by atoms with Crippen molar-refractivity contribution in [2.45, 2.75) is 64.9 Å². The highest BCUT2D eigenvalue weighted by Crippen LogP contribution is 2.21. The molecule has 0 amide bonds. The first-order valence-electron chi connectivity index (χ1n) is 7.44. The fourth-order valence-electron chi connectivity index (χ4n) is 2.27. The highest BCUT2D eigenvalue weighted by molar-refractivity contribution is 5.69. The van der Waals surface area contributed by atoms with E-state index in [2.05, 4.69) is 32.9 Å². The topological polar surface area (TPSA) is 35.5 Å². The average molecular weight is 268 g/mol. The molecule has 0 aromatic carbocycles. The Labute approximate surface area is 117 Å². The lowest BCUT2D eigenvalue weighted by molar-refractivity contribution is -0.144. The summed E-state index contributed by atoms with van der Waals surface area (Å²) >= 11 is 0. The molecule has 0 radical (unpaired) electrons. The Morgan fingerprint density at radius 1 is 1.21 bits per heavy atom. The van der Waals surface area contributed by atoms with Crippen molar-refractivity contribution in [1.29, 1.82) is 0 Å². The summed E-state index contributed by atoms with van der Waals surface area (Å²) in [7, 11) is 0. The molecular weight excluding hydrogens is 240 g/mol.